The van der Waals surface area contributed by atoms with Gasteiger partial charge in [0.15, 0.2) is 0 Å². The van der Waals surface area contributed by atoms with E-state index in [1.54, 1.807) is 29.5 Å². The van der Waals surface area contributed by atoms with Crippen molar-refractivity contribution < 1.29 is 13.2 Å². The van der Waals surface area contributed by atoms with Gasteiger partial charge in [-0.3, -0.25) is 4.79 Å². The van der Waals surface area contributed by atoms with Crippen LogP contribution < -0.4 is 10.0 Å². The summed E-state index contributed by atoms with van der Waals surface area (Å²) in [5.74, 6) is 0.144. The molecule has 2 N–H and O–H groups in total. The van der Waals surface area contributed by atoms with Gasteiger partial charge in [0, 0.05) is 19.0 Å². The Bertz CT molecular complexity index is 896. The van der Waals surface area contributed by atoms with Crippen LogP contribution in [0.1, 0.15) is 18.4 Å². The Hall–Kier alpha value is -1.90. The van der Waals surface area contributed by atoms with Crippen molar-refractivity contribution in [1.82, 2.24) is 9.62 Å². The first kappa shape index (κ1) is 17.5. The van der Waals surface area contributed by atoms with Gasteiger partial charge in [-0.25, -0.2) is 8.42 Å². The SMILES string of the molecule is O=C(Cc1ccsc1)N1CCCC(C2Nc3ccccc3S(=O)(=O)N2)C1. The van der Waals surface area contributed by atoms with Crippen molar-refractivity contribution in [2.45, 2.75) is 30.3 Å². The fourth-order valence-corrected chi connectivity index (χ4v) is 5.71. The molecule has 2 aromatic rings. The first-order chi connectivity index (χ1) is 12.5. The van der Waals surface area contributed by atoms with Crippen LogP contribution >= 0.6 is 11.3 Å². The summed E-state index contributed by atoms with van der Waals surface area (Å²) in [6, 6.07) is 8.88. The molecule has 4 rings (SSSR count). The van der Waals surface area contributed by atoms with Crippen LogP contribution in [0.25, 0.3) is 0 Å². The number of carbonyl (C=O) groups excluding carboxylic acids is 1. The number of rotatable bonds is 3. The second-order valence-corrected chi connectivity index (χ2v) is 9.25. The van der Waals surface area contributed by atoms with Gasteiger partial charge in [-0.1, -0.05) is 12.1 Å². The summed E-state index contributed by atoms with van der Waals surface area (Å²) in [5.41, 5.74) is 1.66. The third kappa shape index (κ3) is 3.49. The van der Waals surface area contributed by atoms with Gasteiger partial charge >= 0.3 is 0 Å². The van der Waals surface area contributed by atoms with Crippen LogP contribution in [0.3, 0.4) is 0 Å². The zero-order valence-corrected chi connectivity index (χ0v) is 15.9. The first-order valence-corrected chi connectivity index (χ1v) is 11.1. The largest absolute Gasteiger partial charge is 0.368 e. The van der Waals surface area contributed by atoms with E-state index in [1.807, 2.05) is 27.8 Å². The third-order valence-electron chi connectivity index (χ3n) is 4.99. The molecule has 2 atom stereocenters. The molecule has 2 aliphatic rings. The maximum atomic E-state index is 12.6. The molecule has 0 radical (unpaired) electrons. The number of amides is 1. The summed E-state index contributed by atoms with van der Waals surface area (Å²) >= 11 is 1.59. The van der Waals surface area contributed by atoms with Crippen molar-refractivity contribution in [3.63, 3.8) is 0 Å². The first-order valence-electron chi connectivity index (χ1n) is 8.70. The Morgan fingerprint density at radius 1 is 1.27 bits per heavy atom. The fourth-order valence-electron chi connectivity index (χ4n) is 3.65. The Morgan fingerprint density at radius 2 is 2.12 bits per heavy atom. The van der Waals surface area contributed by atoms with Crippen molar-refractivity contribution in [3.8, 4) is 0 Å². The normalized spacial score (nSPS) is 24.5. The van der Waals surface area contributed by atoms with Gasteiger partial charge < -0.3 is 10.2 Å². The number of sulfonamides is 1. The molecule has 26 heavy (non-hydrogen) atoms. The molecule has 1 fully saturated rings. The molecular weight excluding hydrogens is 370 g/mol. The zero-order chi connectivity index (χ0) is 18.1. The van der Waals surface area contributed by atoms with Crippen LogP contribution in [0.2, 0.25) is 0 Å². The number of nitrogens with zero attached hydrogens (tertiary/aromatic N) is 1. The molecule has 1 saturated heterocycles. The molecule has 1 amide bonds. The lowest BCUT2D eigenvalue weighted by Crippen LogP contribution is -2.54. The van der Waals surface area contributed by atoms with Gasteiger partial charge in [-0.05, 0) is 47.4 Å². The molecule has 8 heteroatoms. The summed E-state index contributed by atoms with van der Waals surface area (Å²) in [5, 5.41) is 7.27. The van der Waals surface area contributed by atoms with E-state index in [4.69, 9.17) is 0 Å². The molecule has 0 spiro atoms. The van der Waals surface area contributed by atoms with Crippen molar-refractivity contribution in [2.75, 3.05) is 18.4 Å². The Labute approximate surface area is 157 Å². The number of piperidine rings is 1. The minimum absolute atomic E-state index is 0.0401. The van der Waals surface area contributed by atoms with Gasteiger partial charge in [0.25, 0.3) is 0 Å². The fraction of sp³-hybridized carbons (Fsp3) is 0.389. The summed E-state index contributed by atoms with van der Waals surface area (Å²) in [7, 11) is -3.53. The highest BCUT2D eigenvalue weighted by Gasteiger charge is 2.36. The minimum Gasteiger partial charge on any atom is -0.368 e. The second kappa shape index (κ2) is 7.02. The van der Waals surface area contributed by atoms with Crippen LogP contribution in [0.5, 0.6) is 0 Å². The van der Waals surface area contributed by atoms with Gasteiger partial charge in [0.2, 0.25) is 15.9 Å². The topological polar surface area (TPSA) is 78.5 Å². The summed E-state index contributed by atoms with van der Waals surface area (Å²) < 4.78 is 27.8. The molecule has 0 bridgehead atoms. The minimum atomic E-state index is -3.53. The Morgan fingerprint density at radius 3 is 2.92 bits per heavy atom. The molecule has 6 nitrogen and oxygen atoms in total. The van der Waals surface area contributed by atoms with Gasteiger partial charge in [0.1, 0.15) is 4.90 Å². The number of thiophene rings is 1. The number of anilines is 1. The van der Waals surface area contributed by atoms with E-state index in [9.17, 15) is 13.2 Å². The standard InChI is InChI=1S/C18H21N3O3S2/c22-17(10-13-7-9-25-12-13)21-8-3-4-14(11-21)18-19-15-5-1-2-6-16(15)26(23,24)20-18/h1-2,5-7,9,12,14,18-20H,3-4,8,10-11H2. The molecular formula is C18H21N3O3S2. The number of para-hydroxylation sites is 1. The van der Waals surface area contributed by atoms with E-state index < -0.39 is 16.2 Å². The average molecular weight is 392 g/mol. The lowest BCUT2D eigenvalue weighted by molar-refractivity contribution is -0.132. The molecule has 1 aromatic heterocycles. The van der Waals surface area contributed by atoms with Gasteiger partial charge in [-0.15, -0.1) is 0 Å². The van der Waals surface area contributed by atoms with Gasteiger partial charge in [-0.2, -0.15) is 16.1 Å². The van der Waals surface area contributed by atoms with E-state index >= 15 is 0 Å². The van der Waals surface area contributed by atoms with E-state index in [0.29, 0.717) is 18.7 Å². The Kier molecular flexibility index (Phi) is 4.73. The molecule has 2 unspecified atom stereocenters. The second-order valence-electron chi connectivity index (χ2n) is 6.79. The maximum Gasteiger partial charge on any atom is 0.244 e. The van der Waals surface area contributed by atoms with Crippen LogP contribution in [0.15, 0.2) is 46.0 Å². The molecule has 138 valence electrons. The number of carbonyl (C=O) groups is 1. The average Bonchev–Trinajstić information content (AvgIpc) is 3.14. The summed E-state index contributed by atoms with van der Waals surface area (Å²) in [6.45, 7) is 1.29. The van der Waals surface area contributed by atoms with E-state index in [1.165, 1.54) is 0 Å². The van der Waals surface area contributed by atoms with Crippen molar-refractivity contribution in [2.24, 2.45) is 5.92 Å². The van der Waals surface area contributed by atoms with Crippen LogP contribution in [0.4, 0.5) is 5.69 Å². The lowest BCUT2D eigenvalue weighted by atomic mass is 9.94. The number of hydrogen-bond acceptors (Lipinski definition) is 5. The quantitative estimate of drug-likeness (QED) is 0.841. The lowest BCUT2D eigenvalue weighted by Gasteiger charge is -2.39. The number of benzene rings is 1. The van der Waals surface area contributed by atoms with E-state index in [-0.39, 0.29) is 16.7 Å². The van der Waals surface area contributed by atoms with Crippen molar-refractivity contribution in [3.05, 3.63) is 46.7 Å². The summed E-state index contributed by atoms with van der Waals surface area (Å²) in [4.78, 5) is 14.7. The molecule has 0 saturated carbocycles. The highest BCUT2D eigenvalue weighted by molar-refractivity contribution is 7.89. The van der Waals surface area contributed by atoms with Crippen LogP contribution in [0, 0.1) is 5.92 Å². The van der Waals surface area contributed by atoms with Crippen molar-refractivity contribution in [1.29, 1.82) is 0 Å². The number of hydrogen-bond donors (Lipinski definition) is 2. The predicted molar refractivity (Wildman–Crippen MR) is 102 cm³/mol. The third-order valence-corrected chi connectivity index (χ3v) is 7.22. The zero-order valence-electron chi connectivity index (χ0n) is 14.2. The number of nitrogens with one attached hydrogen (secondary N) is 2. The molecule has 0 aliphatic carbocycles. The smallest absolute Gasteiger partial charge is 0.244 e. The highest BCUT2D eigenvalue weighted by Crippen LogP contribution is 2.30. The van der Waals surface area contributed by atoms with E-state index in [2.05, 4.69) is 10.0 Å². The molecule has 3 heterocycles. The maximum absolute atomic E-state index is 12.6. The monoisotopic (exact) mass is 391 g/mol. The van der Waals surface area contributed by atoms with Crippen LogP contribution in [-0.4, -0.2) is 38.5 Å². The van der Waals surface area contributed by atoms with Crippen molar-refractivity contribution >= 4 is 33.0 Å². The van der Waals surface area contributed by atoms with Crippen LogP contribution in [-0.2, 0) is 21.2 Å². The number of likely N-dealkylation sites (tertiary alicyclic amines) is 1. The summed E-state index contributed by atoms with van der Waals surface area (Å²) in [6.07, 6.45) is 1.77. The Balaban J connectivity index is 1.47. The predicted octanol–water partition coefficient (Wildman–Crippen LogP) is 2.26. The highest BCUT2D eigenvalue weighted by atomic mass is 32.2. The molecule has 2 aliphatic heterocycles. The van der Waals surface area contributed by atoms with E-state index in [0.717, 1.165) is 24.9 Å². The number of fused-ring (bicyclic) bond motifs is 1. The molecule has 1 aromatic carbocycles. The van der Waals surface area contributed by atoms with Gasteiger partial charge in [0.05, 0.1) is 18.3 Å².